The summed E-state index contributed by atoms with van der Waals surface area (Å²) >= 11 is 0. The van der Waals surface area contributed by atoms with E-state index in [0.29, 0.717) is 5.41 Å². The maximum Gasteiger partial charge on any atom is 0.0172 e. The van der Waals surface area contributed by atoms with Gasteiger partial charge in [-0.15, -0.1) is 0 Å². The van der Waals surface area contributed by atoms with Gasteiger partial charge < -0.3 is 4.90 Å². The first-order valence-corrected chi connectivity index (χ1v) is 10.2. The summed E-state index contributed by atoms with van der Waals surface area (Å²) in [7, 11) is 2.38. The predicted molar refractivity (Wildman–Crippen MR) is 98.3 cm³/mol. The van der Waals surface area contributed by atoms with E-state index in [1.807, 2.05) is 0 Å². The van der Waals surface area contributed by atoms with Crippen molar-refractivity contribution in [3.05, 3.63) is 0 Å². The van der Waals surface area contributed by atoms with Crippen LogP contribution in [0.1, 0.15) is 97.8 Å². The fourth-order valence-electron chi connectivity index (χ4n) is 5.67. The Morgan fingerprint density at radius 1 is 0.727 bits per heavy atom. The molecule has 130 valence electrons. The highest BCUT2D eigenvalue weighted by Crippen LogP contribution is 2.44. The molecule has 1 saturated carbocycles. The zero-order chi connectivity index (χ0) is 16.0. The molecule has 0 aromatic rings. The van der Waals surface area contributed by atoms with Crippen LogP contribution in [0.2, 0.25) is 0 Å². The van der Waals surface area contributed by atoms with E-state index in [2.05, 4.69) is 32.7 Å². The van der Waals surface area contributed by atoms with E-state index in [-0.39, 0.29) is 0 Å². The molecule has 1 heterocycles. The van der Waals surface area contributed by atoms with Gasteiger partial charge in [0.2, 0.25) is 0 Å². The summed E-state index contributed by atoms with van der Waals surface area (Å²) in [4.78, 5) is 2.69. The Kier molecular flexibility index (Phi) is 7.25. The number of piperidine rings is 1. The van der Waals surface area contributed by atoms with Gasteiger partial charge in [-0.3, -0.25) is 0 Å². The standard InChI is InChI=1S/C21H41N/c1-18-14-13-17-22(4)20(18)21(2,3)19-15-11-9-7-5-6-8-10-12-16-19/h18-20H,5-17H2,1-4H3. The van der Waals surface area contributed by atoms with E-state index in [1.54, 1.807) is 0 Å². The van der Waals surface area contributed by atoms with E-state index in [0.717, 1.165) is 17.9 Å². The quantitative estimate of drug-likeness (QED) is 0.581. The van der Waals surface area contributed by atoms with Gasteiger partial charge in [0.25, 0.3) is 0 Å². The molecule has 1 saturated heterocycles. The van der Waals surface area contributed by atoms with Crippen molar-refractivity contribution in [3.8, 4) is 0 Å². The molecule has 2 fully saturated rings. The lowest BCUT2D eigenvalue weighted by Gasteiger charge is -2.51. The molecule has 22 heavy (non-hydrogen) atoms. The third-order valence-electron chi connectivity index (χ3n) is 6.85. The molecule has 1 aliphatic carbocycles. The number of rotatable bonds is 2. The summed E-state index contributed by atoms with van der Waals surface area (Å²) < 4.78 is 0. The van der Waals surface area contributed by atoms with Gasteiger partial charge in [-0.05, 0) is 56.5 Å². The minimum Gasteiger partial charge on any atom is -0.303 e. The van der Waals surface area contributed by atoms with Crippen LogP contribution in [-0.2, 0) is 0 Å². The van der Waals surface area contributed by atoms with Crippen LogP contribution in [-0.4, -0.2) is 24.5 Å². The third-order valence-corrected chi connectivity index (χ3v) is 6.85. The molecule has 0 aromatic heterocycles. The minimum atomic E-state index is 0.475. The average molecular weight is 308 g/mol. The van der Waals surface area contributed by atoms with E-state index in [9.17, 15) is 0 Å². The van der Waals surface area contributed by atoms with Crippen molar-refractivity contribution in [2.24, 2.45) is 17.3 Å². The van der Waals surface area contributed by atoms with Crippen LogP contribution >= 0.6 is 0 Å². The molecule has 0 aromatic carbocycles. The SMILES string of the molecule is CC1CCCN(C)C1C(C)(C)C1CCCCCCCCCC1. The molecule has 1 nitrogen and oxygen atoms in total. The molecule has 0 bridgehead atoms. The van der Waals surface area contributed by atoms with Crippen molar-refractivity contribution < 1.29 is 0 Å². The number of likely N-dealkylation sites (tertiary alicyclic amines) is 1. The maximum atomic E-state index is 2.69. The molecule has 2 unspecified atom stereocenters. The Balaban J connectivity index is 2.05. The summed E-state index contributed by atoms with van der Waals surface area (Å²) in [5, 5.41) is 0. The Morgan fingerprint density at radius 2 is 1.23 bits per heavy atom. The highest BCUT2D eigenvalue weighted by Gasteiger charge is 2.42. The van der Waals surface area contributed by atoms with Gasteiger partial charge >= 0.3 is 0 Å². The fraction of sp³-hybridized carbons (Fsp3) is 1.00. The van der Waals surface area contributed by atoms with Gasteiger partial charge in [-0.1, -0.05) is 72.1 Å². The lowest BCUT2D eigenvalue weighted by Crippen LogP contribution is -2.53. The van der Waals surface area contributed by atoms with Gasteiger partial charge in [-0.25, -0.2) is 0 Å². The monoisotopic (exact) mass is 307 g/mol. The lowest BCUT2D eigenvalue weighted by molar-refractivity contribution is -0.00920. The number of hydrogen-bond donors (Lipinski definition) is 0. The summed E-state index contributed by atoms with van der Waals surface area (Å²) in [6.07, 6.45) is 17.6. The first kappa shape index (κ1) is 18.3. The highest BCUT2D eigenvalue weighted by molar-refractivity contribution is 4.95. The Hall–Kier alpha value is -0.0400. The van der Waals surface area contributed by atoms with Crippen LogP contribution in [0.4, 0.5) is 0 Å². The molecule has 0 radical (unpaired) electrons. The molecule has 2 aliphatic rings. The lowest BCUT2D eigenvalue weighted by atomic mass is 9.64. The molecular formula is C21H41N. The van der Waals surface area contributed by atoms with E-state index in [1.165, 1.54) is 83.6 Å². The van der Waals surface area contributed by atoms with Gasteiger partial charge in [0, 0.05) is 6.04 Å². The molecular weight excluding hydrogens is 266 g/mol. The van der Waals surface area contributed by atoms with Crippen molar-refractivity contribution in [1.29, 1.82) is 0 Å². The zero-order valence-corrected chi connectivity index (χ0v) is 15.9. The average Bonchev–Trinajstić information content (AvgIpc) is 2.52. The van der Waals surface area contributed by atoms with Crippen LogP contribution in [0.25, 0.3) is 0 Å². The van der Waals surface area contributed by atoms with E-state index >= 15 is 0 Å². The number of hydrogen-bond acceptors (Lipinski definition) is 1. The van der Waals surface area contributed by atoms with Crippen LogP contribution < -0.4 is 0 Å². The zero-order valence-electron chi connectivity index (χ0n) is 15.9. The molecule has 0 amide bonds. The Morgan fingerprint density at radius 3 is 1.73 bits per heavy atom. The maximum absolute atomic E-state index is 2.69. The van der Waals surface area contributed by atoms with Gasteiger partial charge in [0.15, 0.2) is 0 Å². The first-order chi connectivity index (χ1) is 10.5. The largest absolute Gasteiger partial charge is 0.303 e. The number of nitrogens with zero attached hydrogens (tertiary/aromatic N) is 1. The van der Waals surface area contributed by atoms with Crippen molar-refractivity contribution >= 4 is 0 Å². The molecule has 2 atom stereocenters. The molecule has 0 N–H and O–H groups in total. The van der Waals surface area contributed by atoms with Crippen LogP contribution in [0.15, 0.2) is 0 Å². The topological polar surface area (TPSA) is 3.24 Å². The summed E-state index contributed by atoms with van der Waals surface area (Å²) in [6, 6.07) is 0.788. The Labute approximate surface area is 140 Å². The summed E-state index contributed by atoms with van der Waals surface area (Å²) in [5.74, 6) is 1.80. The summed E-state index contributed by atoms with van der Waals surface area (Å²) in [6.45, 7) is 9.01. The van der Waals surface area contributed by atoms with Crippen molar-refractivity contribution in [1.82, 2.24) is 4.90 Å². The predicted octanol–water partition coefficient (Wildman–Crippen LogP) is 6.27. The van der Waals surface area contributed by atoms with Crippen molar-refractivity contribution in [2.45, 2.75) is 104 Å². The Bertz CT molecular complexity index is 287. The second-order valence-corrected chi connectivity index (χ2v) is 8.97. The van der Waals surface area contributed by atoms with Crippen LogP contribution in [0.3, 0.4) is 0 Å². The molecule has 1 heteroatoms. The van der Waals surface area contributed by atoms with Crippen molar-refractivity contribution in [2.75, 3.05) is 13.6 Å². The minimum absolute atomic E-state index is 0.475. The van der Waals surface area contributed by atoms with E-state index in [4.69, 9.17) is 0 Å². The van der Waals surface area contributed by atoms with Gasteiger partial charge in [0.05, 0.1) is 0 Å². The highest BCUT2D eigenvalue weighted by atomic mass is 15.1. The van der Waals surface area contributed by atoms with E-state index < -0.39 is 0 Å². The smallest absolute Gasteiger partial charge is 0.0172 e. The normalized spacial score (nSPS) is 31.6. The van der Waals surface area contributed by atoms with Gasteiger partial charge in [0.1, 0.15) is 0 Å². The third kappa shape index (κ3) is 4.73. The van der Waals surface area contributed by atoms with Gasteiger partial charge in [-0.2, -0.15) is 0 Å². The van der Waals surface area contributed by atoms with Crippen molar-refractivity contribution in [3.63, 3.8) is 0 Å². The fourth-order valence-corrected chi connectivity index (χ4v) is 5.67. The molecule has 2 rings (SSSR count). The summed E-state index contributed by atoms with van der Waals surface area (Å²) in [5.41, 5.74) is 0.475. The molecule has 1 aliphatic heterocycles. The second-order valence-electron chi connectivity index (χ2n) is 8.97. The van der Waals surface area contributed by atoms with Crippen LogP contribution in [0, 0.1) is 17.3 Å². The second kappa shape index (κ2) is 8.71. The molecule has 0 spiro atoms. The van der Waals surface area contributed by atoms with Crippen LogP contribution in [0.5, 0.6) is 0 Å². The first-order valence-electron chi connectivity index (χ1n) is 10.2.